The molecule has 0 fully saturated rings. The second-order valence-electron chi connectivity index (χ2n) is 2.63. The molecule has 0 aliphatic rings. The highest BCUT2D eigenvalue weighted by molar-refractivity contribution is 5.66. The molecule has 6 nitrogen and oxygen atoms in total. The smallest absolute Gasteiger partial charge is 0.436 e. The highest BCUT2D eigenvalue weighted by atomic mass is 16.4. The van der Waals surface area contributed by atoms with E-state index in [0.717, 1.165) is 4.68 Å². The Labute approximate surface area is 73.8 Å². The quantitative estimate of drug-likeness (QED) is 0.702. The van der Waals surface area contributed by atoms with Gasteiger partial charge in [-0.2, -0.15) is 4.68 Å². The fraction of sp³-hybridized carbons (Fsp3) is 0.571. The Hall–Kier alpha value is -1.59. The van der Waals surface area contributed by atoms with Gasteiger partial charge in [-0.05, 0) is 6.42 Å². The van der Waals surface area contributed by atoms with Crippen LogP contribution in [0.5, 0.6) is 0 Å². The van der Waals surface area contributed by atoms with Crippen LogP contribution in [-0.4, -0.2) is 20.9 Å². The number of aliphatic carboxylic acids is 1. The summed E-state index contributed by atoms with van der Waals surface area (Å²) in [7, 11) is 1.48. The van der Waals surface area contributed by atoms with Gasteiger partial charge in [0.1, 0.15) is 0 Å². The van der Waals surface area contributed by atoms with Crippen LogP contribution in [0.25, 0.3) is 0 Å². The van der Waals surface area contributed by atoms with Gasteiger partial charge < -0.3 is 9.52 Å². The summed E-state index contributed by atoms with van der Waals surface area (Å²) < 4.78 is 5.78. The number of hydrogen-bond donors (Lipinski definition) is 1. The molecule has 1 aromatic heterocycles. The van der Waals surface area contributed by atoms with Crippen molar-refractivity contribution in [1.29, 1.82) is 0 Å². The number of carboxylic acid groups (broad SMARTS) is 1. The van der Waals surface area contributed by atoms with Crippen LogP contribution in [0.4, 0.5) is 0 Å². The zero-order valence-corrected chi connectivity index (χ0v) is 7.19. The zero-order valence-electron chi connectivity index (χ0n) is 7.19. The molecule has 1 rings (SSSR count). The molecule has 0 aliphatic carbocycles. The third-order valence-electron chi connectivity index (χ3n) is 1.51. The lowest BCUT2D eigenvalue weighted by molar-refractivity contribution is -0.137. The van der Waals surface area contributed by atoms with E-state index in [-0.39, 0.29) is 12.3 Å². The van der Waals surface area contributed by atoms with Crippen LogP contribution in [0.15, 0.2) is 9.21 Å². The lowest BCUT2D eigenvalue weighted by Crippen LogP contribution is -2.09. The summed E-state index contributed by atoms with van der Waals surface area (Å²) in [5.41, 5.74) is 0. The number of carbonyl (C=O) groups is 1. The maximum Gasteiger partial charge on any atom is 0.436 e. The van der Waals surface area contributed by atoms with Crippen molar-refractivity contribution < 1.29 is 14.3 Å². The molecule has 1 aromatic rings. The summed E-state index contributed by atoms with van der Waals surface area (Å²) in [5.74, 6) is -1.10. The van der Waals surface area contributed by atoms with Crippen molar-refractivity contribution in [3.63, 3.8) is 0 Å². The Balaban J connectivity index is 2.46. The summed E-state index contributed by atoms with van der Waals surface area (Å²) in [4.78, 5) is 20.9. The number of aromatic nitrogens is 2. The third kappa shape index (κ3) is 2.73. The van der Waals surface area contributed by atoms with Gasteiger partial charge in [-0.15, -0.1) is 5.10 Å². The lowest BCUT2D eigenvalue weighted by Gasteiger charge is -1.90. The highest BCUT2D eigenvalue weighted by Crippen LogP contribution is 1.98. The van der Waals surface area contributed by atoms with Crippen LogP contribution in [0, 0.1) is 0 Å². The summed E-state index contributed by atoms with van der Waals surface area (Å²) in [6.07, 6.45) is 0.859. The second kappa shape index (κ2) is 3.88. The molecule has 0 atom stereocenters. The molecule has 0 aromatic carbocycles. The molecule has 6 heteroatoms. The molecule has 1 N–H and O–H groups in total. The van der Waals surface area contributed by atoms with Gasteiger partial charge in [0.25, 0.3) is 0 Å². The van der Waals surface area contributed by atoms with Gasteiger partial charge in [-0.1, -0.05) is 0 Å². The van der Waals surface area contributed by atoms with Crippen LogP contribution in [0.2, 0.25) is 0 Å². The Morgan fingerprint density at radius 1 is 1.69 bits per heavy atom. The van der Waals surface area contributed by atoms with Gasteiger partial charge in [0.05, 0.1) is 0 Å². The minimum atomic E-state index is -0.863. The minimum absolute atomic E-state index is 0.0558. The van der Waals surface area contributed by atoms with Crippen molar-refractivity contribution in [2.75, 3.05) is 0 Å². The molecule has 72 valence electrons. The maximum absolute atomic E-state index is 10.8. The molecule has 0 spiro atoms. The number of aryl methyl sites for hydroxylation is 2. The van der Waals surface area contributed by atoms with E-state index < -0.39 is 11.7 Å². The molecule has 0 saturated carbocycles. The highest BCUT2D eigenvalue weighted by Gasteiger charge is 2.05. The van der Waals surface area contributed by atoms with E-state index in [9.17, 15) is 9.59 Å². The summed E-state index contributed by atoms with van der Waals surface area (Å²) >= 11 is 0. The first-order chi connectivity index (χ1) is 6.09. The van der Waals surface area contributed by atoms with E-state index in [0.29, 0.717) is 12.8 Å². The van der Waals surface area contributed by atoms with E-state index >= 15 is 0 Å². The van der Waals surface area contributed by atoms with Gasteiger partial charge in [0.15, 0.2) is 0 Å². The van der Waals surface area contributed by atoms with Gasteiger partial charge in [0.2, 0.25) is 5.89 Å². The number of rotatable bonds is 4. The predicted molar refractivity (Wildman–Crippen MR) is 42.3 cm³/mol. The lowest BCUT2D eigenvalue weighted by atomic mass is 10.2. The molecular weight excluding hydrogens is 176 g/mol. The van der Waals surface area contributed by atoms with Crippen molar-refractivity contribution in [2.45, 2.75) is 19.3 Å². The minimum Gasteiger partial charge on any atom is -0.481 e. The fourth-order valence-electron chi connectivity index (χ4n) is 0.887. The normalized spacial score (nSPS) is 10.2. The van der Waals surface area contributed by atoms with Crippen LogP contribution in [0.1, 0.15) is 18.7 Å². The molecular formula is C7H10N2O4. The van der Waals surface area contributed by atoms with Crippen LogP contribution < -0.4 is 5.76 Å². The van der Waals surface area contributed by atoms with E-state index in [2.05, 4.69) is 5.10 Å². The van der Waals surface area contributed by atoms with Gasteiger partial charge in [-0.25, -0.2) is 4.79 Å². The Bertz CT molecular complexity index is 352. The second-order valence-corrected chi connectivity index (χ2v) is 2.63. The number of nitrogens with zero attached hydrogens (tertiary/aromatic N) is 2. The van der Waals surface area contributed by atoms with Crippen LogP contribution in [0.3, 0.4) is 0 Å². The average Bonchev–Trinajstić information content (AvgIpc) is 2.30. The van der Waals surface area contributed by atoms with Crippen molar-refractivity contribution >= 4 is 5.97 Å². The molecule has 0 radical (unpaired) electrons. The van der Waals surface area contributed by atoms with Gasteiger partial charge in [0, 0.05) is 19.9 Å². The summed E-state index contributed by atoms with van der Waals surface area (Å²) in [6.45, 7) is 0. The van der Waals surface area contributed by atoms with E-state index in [1.165, 1.54) is 7.05 Å². The standard InChI is InChI=1S/C7H10N2O4/c1-9-7(12)13-5(8-9)3-2-4-6(10)11/h2-4H2,1H3,(H,10,11). The van der Waals surface area contributed by atoms with Crippen molar-refractivity contribution in [3.05, 3.63) is 16.4 Å². The summed E-state index contributed by atoms with van der Waals surface area (Å²) in [5, 5.41) is 12.1. The van der Waals surface area contributed by atoms with E-state index in [1.54, 1.807) is 0 Å². The molecule has 0 bridgehead atoms. The molecule has 0 amide bonds. The van der Waals surface area contributed by atoms with Gasteiger partial charge in [-0.3, -0.25) is 4.79 Å². The first-order valence-electron chi connectivity index (χ1n) is 3.84. The zero-order chi connectivity index (χ0) is 9.84. The van der Waals surface area contributed by atoms with E-state index in [4.69, 9.17) is 9.52 Å². The largest absolute Gasteiger partial charge is 0.481 e. The maximum atomic E-state index is 10.8. The molecule has 1 heterocycles. The molecule has 0 aliphatic heterocycles. The first kappa shape index (κ1) is 9.50. The first-order valence-corrected chi connectivity index (χ1v) is 3.84. The number of hydrogen-bond acceptors (Lipinski definition) is 4. The monoisotopic (exact) mass is 186 g/mol. The fourth-order valence-corrected chi connectivity index (χ4v) is 0.887. The topological polar surface area (TPSA) is 85.3 Å². The van der Waals surface area contributed by atoms with Crippen LogP contribution in [-0.2, 0) is 18.3 Å². The van der Waals surface area contributed by atoms with Crippen molar-refractivity contribution in [1.82, 2.24) is 9.78 Å². The average molecular weight is 186 g/mol. The third-order valence-corrected chi connectivity index (χ3v) is 1.51. The van der Waals surface area contributed by atoms with Crippen molar-refractivity contribution in [2.24, 2.45) is 7.05 Å². The Morgan fingerprint density at radius 3 is 2.85 bits per heavy atom. The SMILES string of the molecule is Cn1nc(CCCC(=O)O)oc1=O. The Morgan fingerprint density at radius 2 is 2.38 bits per heavy atom. The Kier molecular flexibility index (Phi) is 2.84. The molecule has 0 saturated heterocycles. The predicted octanol–water partition coefficient (Wildman–Crippen LogP) is -0.219. The summed E-state index contributed by atoms with van der Waals surface area (Å²) in [6, 6.07) is 0. The van der Waals surface area contributed by atoms with Crippen LogP contribution >= 0.6 is 0 Å². The molecule has 0 unspecified atom stereocenters. The van der Waals surface area contributed by atoms with Gasteiger partial charge >= 0.3 is 11.7 Å². The molecule has 13 heavy (non-hydrogen) atoms. The number of carboxylic acids is 1. The van der Waals surface area contributed by atoms with E-state index in [1.807, 2.05) is 0 Å². The van der Waals surface area contributed by atoms with Crippen molar-refractivity contribution in [3.8, 4) is 0 Å².